The van der Waals surface area contributed by atoms with Crippen molar-refractivity contribution in [2.75, 3.05) is 0 Å². The van der Waals surface area contributed by atoms with Crippen LogP contribution in [0.15, 0.2) is 28.9 Å². The van der Waals surface area contributed by atoms with Gasteiger partial charge in [0.2, 0.25) is 0 Å². The summed E-state index contributed by atoms with van der Waals surface area (Å²) in [4.78, 5) is 13.0. The van der Waals surface area contributed by atoms with Crippen molar-refractivity contribution in [1.82, 2.24) is 20.3 Å². The molecule has 1 atom stereocenters. The number of carbonyl (C=O) groups excluding carboxylic acids is 1. The lowest BCUT2D eigenvalue weighted by Gasteiger charge is -2.24. The lowest BCUT2D eigenvalue weighted by Crippen LogP contribution is -2.32. The summed E-state index contributed by atoms with van der Waals surface area (Å²) >= 11 is 0. The van der Waals surface area contributed by atoms with Crippen LogP contribution >= 0.6 is 0 Å². The Morgan fingerprint density at radius 3 is 2.93 bits per heavy atom. The highest BCUT2D eigenvalue weighted by atomic mass is 16.5. The predicted molar refractivity (Wildman–Crippen MR) is 109 cm³/mol. The third kappa shape index (κ3) is 3.07. The molecule has 5 rings (SSSR count). The van der Waals surface area contributed by atoms with Crippen molar-refractivity contribution in [3.63, 3.8) is 0 Å². The van der Waals surface area contributed by atoms with Gasteiger partial charge >= 0.3 is 0 Å². The maximum absolute atomic E-state index is 13.0. The molecule has 1 unspecified atom stereocenters. The van der Waals surface area contributed by atoms with Crippen LogP contribution in [-0.4, -0.2) is 20.8 Å². The first-order valence-corrected chi connectivity index (χ1v) is 10.5. The van der Waals surface area contributed by atoms with Gasteiger partial charge in [0, 0.05) is 23.2 Å². The maximum Gasteiger partial charge on any atom is 0.274 e. The van der Waals surface area contributed by atoms with Crippen molar-refractivity contribution in [3.8, 4) is 5.69 Å². The Balaban J connectivity index is 1.43. The van der Waals surface area contributed by atoms with Crippen LogP contribution in [0.3, 0.4) is 0 Å². The second kappa shape index (κ2) is 7.17. The molecule has 0 fully saturated rings. The molecule has 150 valence electrons. The number of carbonyl (C=O) groups is 1. The van der Waals surface area contributed by atoms with Gasteiger partial charge in [-0.05, 0) is 69.6 Å². The first-order chi connectivity index (χ1) is 14.1. The number of aromatic nitrogens is 3. The van der Waals surface area contributed by atoms with E-state index >= 15 is 0 Å². The third-order valence-electron chi connectivity index (χ3n) is 6.46. The van der Waals surface area contributed by atoms with Gasteiger partial charge in [0.1, 0.15) is 5.76 Å². The van der Waals surface area contributed by atoms with E-state index in [0.29, 0.717) is 5.69 Å². The summed E-state index contributed by atoms with van der Waals surface area (Å²) < 4.78 is 7.48. The van der Waals surface area contributed by atoms with E-state index in [4.69, 9.17) is 9.62 Å². The molecule has 1 amide bonds. The Bertz CT molecular complexity index is 1080. The molecule has 0 saturated carbocycles. The summed E-state index contributed by atoms with van der Waals surface area (Å²) in [6.45, 7) is 4.25. The smallest absolute Gasteiger partial charge is 0.274 e. The molecule has 0 aliphatic heterocycles. The zero-order valence-electron chi connectivity index (χ0n) is 17.0. The zero-order valence-corrected chi connectivity index (χ0v) is 17.0. The molecule has 2 aromatic heterocycles. The van der Waals surface area contributed by atoms with Gasteiger partial charge < -0.3 is 9.84 Å². The predicted octanol–water partition coefficient (Wildman–Crippen LogP) is 4.16. The van der Waals surface area contributed by atoms with Crippen LogP contribution in [0.2, 0.25) is 0 Å². The molecule has 29 heavy (non-hydrogen) atoms. The van der Waals surface area contributed by atoms with Crippen LogP contribution < -0.4 is 5.32 Å². The normalized spacial score (nSPS) is 18.2. The number of hydrogen-bond donors (Lipinski definition) is 1. The number of nitrogens with one attached hydrogen (secondary N) is 1. The summed E-state index contributed by atoms with van der Waals surface area (Å²) in [5.41, 5.74) is 7.37. The Hall–Kier alpha value is -2.89. The van der Waals surface area contributed by atoms with Crippen molar-refractivity contribution in [2.24, 2.45) is 0 Å². The van der Waals surface area contributed by atoms with Crippen molar-refractivity contribution in [2.45, 2.75) is 64.8 Å². The summed E-state index contributed by atoms with van der Waals surface area (Å²) in [6, 6.07) is 6.26. The van der Waals surface area contributed by atoms with E-state index < -0.39 is 0 Å². The Kier molecular flexibility index (Phi) is 4.49. The number of hydrogen-bond acceptors (Lipinski definition) is 4. The number of amides is 1. The highest BCUT2D eigenvalue weighted by Crippen LogP contribution is 2.33. The van der Waals surface area contributed by atoms with Crippen molar-refractivity contribution in [3.05, 3.63) is 63.8 Å². The van der Waals surface area contributed by atoms with E-state index in [-0.39, 0.29) is 11.9 Å². The van der Waals surface area contributed by atoms with Crippen LogP contribution in [0.25, 0.3) is 5.69 Å². The molecular formula is C23H26N4O2. The molecule has 2 heterocycles. The fraction of sp³-hybridized carbons (Fsp3) is 0.435. The Labute approximate surface area is 170 Å². The first kappa shape index (κ1) is 18.2. The van der Waals surface area contributed by atoms with E-state index in [1.807, 2.05) is 10.9 Å². The summed E-state index contributed by atoms with van der Waals surface area (Å²) in [5, 5.41) is 12.0. The highest BCUT2D eigenvalue weighted by Gasteiger charge is 2.30. The molecule has 0 saturated heterocycles. The summed E-state index contributed by atoms with van der Waals surface area (Å²) in [7, 11) is 0. The third-order valence-corrected chi connectivity index (χ3v) is 6.46. The fourth-order valence-electron chi connectivity index (χ4n) is 4.67. The number of rotatable bonds is 3. The average molecular weight is 390 g/mol. The second-order valence-corrected chi connectivity index (χ2v) is 8.24. The van der Waals surface area contributed by atoms with Gasteiger partial charge in [-0.3, -0.25) is 4.79 Å². The maximum atomic E-state index is 13.0. The topological polar surface area (TPSA) is 73.0 Å². The number of benzene rings is 1. The van der Waals surface area contributed by atoms with E-state index in [2.05, 4.69) is 42.5 Å². The van der Waals surface area contributed by atoms with Crippen LogP contribution in [0.1, 0.15) is 75.9 Å². The molecule has 6 nitrogen and oxygen atoms in total. The van der Waals surface area contributed by atoms with E-state index in [0.717, 1.165) is 67.5 Å². The van der Waals surface area contributed by atoms with Gasteiger partial charge in [-0.25, -0.2) is 4.68 Å². The molecule has 1 aromatic carbocycles. The minimum absolute atomic E-state index is 0.0407. The van der Waals surface area contributed by atoms with Crippen LogP contribution in [-0.2, 0) is 19.3 Å². The van der Waals surface area contributed by atoms with Crippen molar-refractivity contribution >= 4 is 5.91 Å². The highest BCUT2D eigenvalue weighted by molar-refractivity contribution is 5.94. The lowest BCUT2D eigenvalue weighted by atomic mass is 9.92. The zero-order chi connectivity index (χ0) is 20.0. The number of fused-ring (bicyclic) bond motifs is 2. The van der Waals surface area contributed by atoms with Crippen LogP contribution in [0.5, 0.6) is 0 Å². The van der Waals surface area contributed by atoms with E-state index in [1.54, 1.807) is 0 Å². The van der Waals surface area contributed by atoms with Gasteiger partial charge in [-0.2, -0.15) is 5.10 Å². The SMILES string of the molecule is Cc1cccc(-n2ncc3c2CCCC3NC(=O)c2noc3c2CCCC3)c1C. The van der Waals surface area contributed by atoms with Gasteiger partial charge in [-0.1, -0.05) is 17.3 Å². The van der Waals surface area contributed by atoms with Crippen molar-refractivity contribution < 1.29 is 9.32 Å². The molecule has 2 aliphatic rings. The molecular weight excluding hydrogens is 364 g/mol. The minimum Gasteiger partial charge on any atom is -0.360 e. The Morgan fingerprint density at radius 1 is 1.17 bits per heavy atom. The molecule has 0 bridgehead atoms. The van der Waals surface area contributed by atoms with Gasteiger partial charge in [0.05, 0.1) is 17.9 Å². The Morgan fingerprint density at radius 2 is 2.03 bits per heavy atom. The van der Waals surface area contributed by atoms with Gasteiger partial charge in [0.15, 0.2) is 5.69 Å². The molecule has 3 aromatic rings. The molecule has 1 N–H and O–H groups in total. The largest absolute Gasteiger partial charge is 0.360 e. The first-order valence-electron chi connectivity index (χ1n) is 10.5. The molecule has 0 radical (unpaired) electrons. The van der Waals surface area contributed by atoms with Gasteiger partial charge in [-0.15, -0.1) is 0 Å². The molecule has 2 aliphatic carbocycles. The minimum atomic E-state index is -0.130. The van der Waals surface area contributed by atoms with Crippen molar-refractivity contribution in [1.29, 1.82) is 0 Å². The van der Waals surface area contributed by atoms with E-state index in [1.165, 1.54) is 16.8 Å². The molecule has 0 spiro atoms. The standard InChI is InChI=1S/C23H26N4O2/c1-14-7-5-10-19(15(14)2)27-20-11-6-9-18(17(20)13-24-27)25-23(28)22-16-8-3-4-12-21(16)29-26-22/h5,7,10,13,18H,3-4,6,8-9,11-12H2,1-2H3,(H,25,28). The molecule has 6 heteroatoms. The second-order valence-electron chi connectivity index (χ2n) is 8.24. The summed E-state index contributed by atoms with van der Waals surface area (Å²) in [6.07, 6.45) is 8.77. The average Bonchev–Trinajstić information content (AvgIpc) is 3.35. The number of aryl methyl sites for hydroxylation is 2. The van der Waals surface area contributed by atoms with Crippen LogP contribution in [0.4, 0.5) is 0 Å². The lowest BCUT2D eigenvalue weighted by molar-refractivity contribution is 0.0922. The monoisotopic (exact) mass is 390 g/mol. The summed E-state index contributed by atoms with van der Waals surface area (Å²) in [5.74, 6) is 0.753. The fourth-order valence-corrected chi connectivity index (χ4v) is 4.67. The quantitative estimate of drug-likeness (QED) is 0.729. The number of nitrogens with zero attached hydrogens (tertiary/aromatic N) is 3. The van der Waals surface area contributed by atoms with Gasteiger partial charge in [0.25, 0.3) is 5.91 Å². The van der Waals surface area contributed by atoms with Crippen LogP contribution in [0, 0.1) is 13.8 Å². The van der Waals surface area contributed by atoms with E-state index in [9.17, 15) is 4.79 Å².